The zero-order valence-corrected chi connectivity index (χ0v) is 14.8. The van der Waals surface area contributed by atoms with Crippen molar-refractivity contribution in [3.05, 3.63) is 45.9 Å². The summed E-state index contributed by atoms with van der Waals surface area (Å²) in [5.41, 5.74) is 1.00. The predicted octanol–water partition coefficient (Wildman–Crippen LogP) is 2.19. The summed E-state index contributed by atoms with van der Waals surface area (Å²) < 4.78 is 40.9. The van der Waals surface area contributed by atoms with Gasteiger partial charge in [-0.3, -0.25) is 9.10 Å². The van der Waals surface area contributed by atoms with Crippen LogP contribution in [0.15, 0.2) is 46.1 Å². The number of sulfonamides is 1. The fourth-order valence-electron chi connectivity index (χ4n) is 2.69. The Morgan fingerprint density at radius 2 is 1.96 bits per heavy atom. The lowest BCUT2D eigenvalue weighted by molar-refractivity contribution is 0.172. The number of anilines is 1. The van der Waals surface area contributed by atoms with Crippen LogP contribution < -0.4 is 18.5 Å². The Kier molecular flexibility index (Phi) is 3.69. The predicted molar refractivity (Wildman–Crippen MR) is 95.5 cm³/mol. The molecule has 130 valence electrons. The third-order valence-corrected chi connectivity index (χ3v) is 6.50. The lowest BCUT2D eigenvalue weighted by Gasteiger charge is -2.26. The smallest absolute Gasteiger partial charge is 0.264 e. The number of nitrogens with zero attached hydrogens (tertiary/aromatic N) is 1. The van der Waals surface area contributed by atoms with Gasteiger partial charge >= 0.3 is 0 Å². The van der Waals surface area contributed by atoms with Gasteiger partial charge < -0.3 is 13.8 Å². The molecule has 0 saturated carbocycles. The maximum atomic E-state index is 13.0. The highest BCUT2D eigenvalue weighted by Gasteiger charge is 2.27. The Labute approximate surface area is 147 Å². The van der Waals surface area contributed by atoms with Crippen LogP contribution in [0.5, 0.6) is 11.5 Å². The molecule has 1 aliphatic rings. The molecule has 4 rings (SSSR count). The first-order chi connectivity index (χ1) is 12.0. The van der Waals surface area contributed by atoms with Crippen LogP contribution in [0.3, 0.4) is 0 Å². The molecule has 0 unspecified atom stereocenters. The number of aromatic nitrogens is 1. The molecule has 0 atom stereocenters. The van der Waals surface area contributed by atoms with Crippen molar-refractivity contribution in [3.63, 3.8) is 0 Å². The Morgan fingerprint density at radius 3 is 2.80 bits per heavy atom. The molecule has 0 aliphatic carbocycles. The van der Waals surface area contributed by atoms with E-state index in [-0.39, 0.29) is 9.64 Å². The Morgan fingerprint density at radius 1 is 1.16 bits per heavy atom. The van der Waals surface area contributed by atoms with Gasteiger partial charge in [-0.2, -0.15) is 0 Å². The third-order valence-electron chi connectivity index (χ3n) is 4.01. The van der Waals surface area contributed by atoms with Crippen LogP contribution in [0.1, 0.15) is 0 Å². The van der Waals surface area contributed by atoms with Gasteiger partial charge in [0.25, 0.3) is 14.8 Å². The van der Waals surface area contributed by atoms with Gasteiger partial charge in [-0.1, -0.05) is 6.07 Å². The standard InChI is InChI=1S/C16H14N2O5S2/c1-18(13-3-2-4-14-15(13)23-8-7-22-14)25(20,21)10-5-6-12-11(9-10)16(19)24-17-12/h2-6,9,17H,7-8H2,1H3. The normalized spacial score (nSPS) is 13.8. The zero-order valence-electron chi connectivity index (χ0n) is 13.2. The van der Waals surface area contributed by atoms with Crippen molar-refractivity contribution in [1.82, 2.24) is 4.37 Å². The maximum Gasteiger partial charge on any atom is 0.264 e. The first-order valence-electron chi connectivity index (χ1n) is 7.47. The monoisotopic (exact) mass is 378 g/mol. The number of ether oxygens (including phenoxy) is 2. The summed E-state index contributed by atoms with van der Waals surface area (Å²) in [6, 6.07) is 9.55. The van der Waals surface area contributed by atoms with E-state index in [0.717, 1.165) is 15.8 Å². The summed E-state index contributed by atoms with van der Waals surface area (Å²) in [6.45, 7) is 0.776. The van der Waals surface area contributed by atoms with Crippen LogP contribution in [0, 0.1) is 0 Å². The van der Waals surface area contributed by atoms with E-state index in [1.807, 2.05) is 0 Å². The van der Waals surface area contributed by atoms with Crippen molar-refractivity contribution < 1.29 is 17.9 Å². The highest BCUT2D eigenvalue weighted by atomic mass is 32.2. The van der Waals surface area contributed by atoms with Gasteiger partial charge in [-0.15, -0.1) is 0 Å². The third kappa shape index (κ3) is 2.56. The van der Waals surface area contributed by atoms with Gasteiger partial charge in [0.15, 0.2) is 11.5 Å². The van der Waals surface area contributed by atoms with Crippen molar-refractivity contribution in [2.75, 3.05) is 24.6 Å². The molecule has 0 saturated heterocycles. The van der Waals surface area contributed by atoms with Crippen LogP contribution in [0.2, 0.25) is 0 Å². The molecule has 0 spiro atoms. The van der Waals surface area contributed by atoms with Crippen molar-refractivity contribution in [2.45, 2.75) is 4.90 Å². The summed E-state index contributed by atoms with van der Waals surface area (Å²) in [5, 5.41) is 0.356. The molecule has 7 nitrogen and oxygen atoms in total. The average Bonchev–Trinajstić information content (AvgIpc) is 3.01. The number of hydrogen-bond donors (Lipinski definition) is 1. The molecule has 1 N–H and O–H groups in total. The number of para-hydroxylation sites is 1. The van der Waals surface area contributed by atoms with Crippen molar-refractivity contribution >= 4 is 38.1 Å². The van der Waals surface area contributed by atoms with E-state index in [2.05, 4.69) is 4.37 Å². The minimum Gasteiger partial charge on any atom is -0.486 e. The van der Waals surface area contributed by atoms with E-state index < -0.39 is 10.0 Å². The molecular weight excluding hydrogens is 364 g/mol. The molecule has 0 bridgehead atoms. The van der Waals surface area contributed by atoms with E-state index in [9.17, 15) is 13.2 Å². The van der Waals surface area contributed by atoms with E-state index in [1.54, 1.807) is 24.3 Å². The second-order valence-corrected chi connectivity index (χ2v) is 8.22. The minimum absolute atomic E-state index is 0.0423. The number of benzene rings is 2. The first kappa shape index (κ1) is 16.0. The Hall–Kier alpha value is -2.52. The van der Waals surface area contributed by atoms with Crippen LogP contribution in [-0.2, 0) is 10.0 Å². The molecule has 2 heterocycles. The average molecular weight is 378 g/mol. The summed E-state index contributed by atoms with van der Waals surface area (Å²) in [6.07, 6.45) is 0. The van der Waals surface area contributed by atoms with E-state index in [0.29, 0.717) is 41.3 Å². The second kappa shape index (κ2) is 5.78. The number of H-pyrrole nitrogens is 1. The number of nitrogens with one attached hydrogen (secondary N) is 1. The highest BCUT2D eigenvalue weighted by Crippen LogP contribution is 2.40. The topological polar surface area (TPSA) is 88.7 Å². The summed E-state index contributed by atoms with van der Waals surface area (Å²) in [5.74, 6) is 0.907. The van der Waals surface area contributed by atoms with Gasteiger partial charge in [0.2, 0.25) is 0 Å². The minimum atomic E-state index is -3.86. The highest BCUT2D eigenvalue weighted by molar-refractivity contribution is 7.92. The van der Waals surface area contributed by atoms with Gasteiger partial charge in [-0.05, 0) is 41.9 Å². The summed E-state index contributed by atoms with van der Waals surface area (Å²) >= 11 is 0.935. The molecule has 9 heteroatoms. The molecule has 1 aromatic heterocycles. The summed E-state index contributed by atoms with van der Waals surface area (Å²) in [7, 11) is -2.41. The fourth-order valence-corrected chi connectivity index (χ4v) is 4.58. The molecular formula is C16H14N2O5S2. The van der Waals surface area contributed by atoms with Gasteiger partial charge in [0.05, 0.1) is 21.5 Å². The van der Waals surface area contributed by atoms with Crippen LogP contribution in [0.4, 0.5) is 5.69 Å². The summed E-state index contributed by atoms with van der Waals surface area (Å²) in [4.78, 5) is 11.9. The zero-order chi connectivity index (χ0) is 17.6. The number of aromatic amines is 1. The molecule has 0 radical (unpaired) electrons. The van der Waals surface area contributed by atoms with Crippen LogP contribution in [0.25, 0.3) is 10.9 Å². The number of hydrogen-bond acceptors (Lipinski definition) is 6. The fraction of sp³-hybridized carbons (Fsp3) is 0.188. The molecule has 2 aromatic carbocycles. The molecule has 0 fully saturated rings. The maximum absolute atomic E-state index is 13.0. The number of rotatable bonds is 3. The molecule has 0 amide bonds. The first-order valence-corrected chi connectivity index (χ1v) is 9.73. The van der Waals surface area contributed by atoms with Gasteiger partial charge in [0, 0.05) is 7.05 Å². The largest absolute Gasteiger partial charge is 0.486 e. The quantitative estimate of drug-likeness (QED) is 0.755. The molecule has 25 heavy (non-hydrogen) atoms. The number of fused-ring (bicyclic) bond motifs is 2. The lowest BCUT2D eigenvalue weighted by atomic mass is 10.2. The van der Waals surface area contributed by atoms with E-state index >= 15 is 0 Å². The van der Waals surface area contributed by atoms with Gasteiger partial charge in [-0.25, -0.2) is 8.42 Å². The lowest BCUT2D eigenvalue weighted by Crippen LogP contribution is -2.28. The SMILES string of the molecule is CN(c1cccc2c1OCCO2)S(=O)(=O)c1ccc2[nH]sc(=O)c2c1. The molecule has 1 aliphatic heterocycles. The second-order valence-electron chi connectivity index (χ2n) is 5.47. The van der Waals surface area contributed by atoms with E-state index in [4.69, 9.17) is 9.47 Å². The van der Waals surface area contributed by atoms with Crippen molar-refractivity contribution in [1.29, 1.82) is 0 Å². The Balaban J connectivity index is 1.81. The van der Waals surface area contributed by atoms with Gasteiger partial charge in [0.1, 0.15) is 13.2 Å². The Bertz CT molecular complexity index is 1120. The molecule has 3 aromatic rings. The van der Waals surface area contributed by atoms with Crippen molar-refractivity contribution in [3.8, 4) is 11.5 Å². The van der Waals surface area contributed by atoms with Crippen LogP contribution >= 0.6 is 11.5 Å². The van der Waals surface area contributed by atoms with Crippen molar-refractivity contribution in [2.24, 2.45) is 0 Å². The van der Waals surface area contributed by atoms with E-state index in [1.165, 1.54) is 19.2 Å². The van der Waals surface area contributed by atoms with Crippen LogP contribution in [-0.4, -0.2) is 33.1 Å².